The molecule has 2 aromatic rings. The molecule has 90 valence electrons. The van der Waals surface area contributed by atoms with Gasteiger partial charge in [0.2, 0.25) is 0 Å². The van der Waals surface area contributed by atoms with Crippen molar-refractivity contribution >= 4 is 0 Å². The number of pyridine rings is 1. The molecule has 0 N–H and O–H groups in total. The highest BCUT2D eigenvalue weighted by Gasteiger charge is 2.36. The molecule has 0 spiro atoms. The maximum absolute atomic E-state index is 12.6. The Morgan fingerprint density at radius 1 is 1.24 bits per heavy atom. The molecule has 2 aromatic heterocycles. The van der Waals surface area contributed by atoms with E-state index in [0.717, 1.165) is 16.9 Å². The second kappa shape index (κ2) is 3.83. The van der Waals surface area contributed by atoms with Crippen molar-refractivity contribution in [2.24, 2.45) is 0 Å². The highest BCUT2D eigenvalue weighted by atomic mass is 19.4. The molecule has 0 saturated carbocycles. The van der Waals surface area contributed by atoms with Gasteiger partial charge in [-0.25, -0.2) is 14.1 Å². The van der Waals surface area contributed by atoms with Gasteiger partial charge in [-0.2, -0.15) is 18.3 Å². The average Bonchev–Trinajstić information content (AvgIpc) is 2.61. The van der Waals surface area contributed by atoms with Gasteiger partial charge >= 0.3 is 6.18 Å². The molecule has 2 heterocycles. The summed E-state index contributed by atoms with van der Waals surface area (Å²) in [6.07, 6.45) is -2.39. The van der Waals surface area contributed by atoms with Gasteiger partial charge in [0.25, 0.3) is 0 Å². The molecule has 0 saturated heterocycles. The number of aryl methyl sites for hydroxylation is 1. The summed E-state index contributed by atoms with van der Waals surface area (Å²) in [6.45, 7) is 1.30. The van der Waals surface area contributed by atoms with E-state index in [9.17, 15) is 17.6 Å². The van der Waals surface area contributed by atoms with Crippen LogP contribution >= 0.6 is 0 Å². The Kier molecular flexibility index (Phi) is 2.60. The van der Waals surface area contributed by atoms with Crippen LogP contribution in [0.25, 0.3) is 5.82 Å². The minimum Gasteiger partial charge on any atom is -0.234 e. The summed E-state index contributed by atoms with van der Waals surface area (Å²) in [5.74, 6) is -0.432. The molecule has 0 aliphatic heterocycles. The fourth-order valence-electron chi connectivity index (χ4n) is 1.36. The Hall–Kier alpha value is -1.92. The monoisotopic (exact) mass is 245 g/mol. The van der Waals surface area contributed by atoms with Gasteiger partial charge in [0.15, 0.2) is 11.5 Å². The van der Waals surface area contributed by atoms with Crippen LogP contribution in [0.15, 0.2) is 24.5 Å². The van der Waals surface area contributed by atoms with E-state index in [4.69, 9.17) is 0 Å². The lowest BCUT2D eigenvalue weighted by molar-refractivity contribution is -0.141. The quantitative estimate of drug-likeness (QED) is 0.723. The Labute approximate surface area is 93.7 Å². The molecule has 0 aliphatic rings. The molecular formula is C10H7F4N3. The molecule has 0 unspecified atom stereocenters. The zero-order valence-electron chi connectivity index (χ0n) is 8.66. The molecule has 3 nitrogen and oxygen atoms in total. The Morgan fingerprint density at radius 3 is 2.41 bits per heavy atom. The van der Waals surface area contributed by atoms with Crippen molar-refractivity contribution in [3.63, 3.8) is 0 Å². The second-order valence-corrected chi connectivity index (χ2v) is 3.44. The zero-order valence-corrected chi connectivity index (χ0v) is 8.66. The lowest BCUT2D eigenvalue weighted by Crippen LogP contribution is -2.09. The molecule has 0 aromatic carbocycles. The summed E-state index contributed by atoms with van der Waals surface area (Å²) >= 11 is 0. The van der Waals surface area contributed by atoms with Gasteiger partial charge in [0.1, 0.15) is 5.82 Å². The predicted octanol–water partition coefficient (Wildman–Crippen LogP) is 2.73. The smallest absolute Gasteiger partial charge is 0.234 e. The van der Waals surface area contributed by atoms with E-state index >= 15 is 0 Å². The van der Waals surface area contributed by atoms with E-state index in [2.05, 4.69) is 10.1 Å². The first-order valence-electron chi connectivity index (χ1n) is 4.63. The Morgan fingerprint density at radius 2 is 1.94 bits per heavy atom. The van der Waals surface area contributed by atoms with Crippen LogP contribution < -0.4 is 0 Å². The fourth-order valence-corrected chi connectivity index (χ4v) is 1.36. The molecule has 0 bridgehead atoms. The van der Waals surface area contributed by atoms with Crippen molar-refractivity contribution in [1.82, 2.24) is 14.8 Å². The summed E-state index contributed by atoms with van der Waals surface area (Å²) in [5, 5.41) is 3.39. The van der Waals surface area contributed by atoms with Crippen molar-refractivity contribution in [2.45, 2.75) is 13.1 Å². The first kappa shape index (κ1) is 11.6. The van der Waals surface area contributed by atoms with Gasteiger partial charge in [-0.3, -0.25) is 0 Å². The molecule has 0 fully saturated rings. The van der Waals surface area contributed by atoms with Crippen LogP contribution in [0.2, 0.25) is 0 Å². The number of halogens is 4. The van der Waals surface area contributed by atoms with Gasteiger partial charge in [0, 0.05) is 11.8 Å². The van der Waals surface area contributed by atoms with Gasteiger partial charge in [-0.05, 0) is 19.1 Å². The molecule has 7 heteroatoms. The van der Waals surface area contributed by atoms with Crippen molar-refractivity contribution in [3.8, 4) is 5.82 Å². The van der Waals surface area contributed by atoms with Crippen molar-refractivity contribution in [3.05, 3.63) is 41.6 Å². The largest absolute Gasteiger partial charge is 0.435 e. The van der Waals surface area contributed by atoms with Crippen LogP contribution in [-0.2, 0) is 6.18 Å². The number of rotatable bonds is 1. The van der Waals surface area contributed by atoms with Crippen LogP contribution in [-0.4, -0.2) is 14.8 Å². The van der Waals surface area contributed by atoms with E-state index in [0.29, 0.717) is 0 Å². The minimum absolute atomic E-state index is 0.0105. The lowest BCUT2D eigenvalue weighted by atomic mass is 10.3. The van der Waals surface area contributed by atoms with Crippen molar-refractivity contribution in [1.29, 1.82) is 0 Å². The average molecular weight is 245 g/mol. The van der Waals surface area contributed by atoms with Gasteiger partial charge in [-0.1, -0.05) is 0 Å². The van der Waals surface area contributed by atoms with Crippen LogP contribution in [0.5, 0.6) is 0 Å². The third-order valence-electron chi connectivity index (χ3n) is 2.11. The van der Waals surface area contributed by atoms with E-state index in [1.807, 2.05) is 0 Å². The summed E-state index contributed by atoms with van der Waals surface area (Å²) in [4.78, 5) is 3.64. The first-order valence-corrected chi connectivity index (χ1v) is 4.63. The number of hydrogen-bond donors (Lipinski definition) is 0. The standard InChI is InChI=1S/C10H7F4N3/c1-6-5-17(16-9(6)10(12,13)14)8-3-2-7(11)4-15-8/h2-5H,1H3. The first-order chi connectivity index (χ1) is 7.88. The molecule has 17 heavy (non-hydrogen) atoms. The molecule has 0 radical (unpaired) electrons. The summed E-state index contributed by atoms with van der Waals surface area (Å²) < 4.78 is 51.0. The molecule has 0 aliphatic carbocycles. The van der Waals surface area contributed by atoms with E-state index in [1.54, 1.807) is 0 Å². The van der Waals surface area contributed by atoms with Gasteiger partial charge in [-0.15, -0.1) is 0 Å². The van der Waals surface area contributed by atoms with E-state index in [1.165, 1.54) is 19.2 Å². The van der Waals surface area contributed by atoms with Crippen LogP contribution in [0.3, 0.4) is 0 Å². The second-order valence-electron chi connectivity index (χ2n) is 3.44. The Bertz CT molecular complexity index is 527. The zero-order chi connectivity index (χ0) is 12.6. The van der Waals surface area contributed by atoms with E-state index in [-0.39, 0.29) is 11.4 Å². The summed E-state index contributed by atoms with van der Waals surface area (Å²) in [7, 11) is 0. The number of aromatic nitrogens is 3. The molecule has 0 atom stereocenters. The van der Waals surface area contributed by atoms with Gasteiger partial charge in [0.05, 0.1) is 6.20 Å². The Balaban J connectivity index is 2.45. The maximum Gasteiger partial charge on any atom is 0.435 e. The summed E-state index contributed by atoms with van der Waals surface area (Å²) in [6, 6.07) is 2.36. The van der Waals surface area contributed by atoms with Crippen molar-refractivity contribution < 1.29 is 17.6 Å². The van der Waals surface area contributed by atoms with Crippen LogP contribution in [0.1, 0.15) is 11.3 Å². The molecule has 0 amide bonds. The van der Waals surface area contributed by atoms with Crippen molar-refractivity contribution in [2.75, 3.05) is 0 Å². The highest BCUT2D eigenvalue weighted by molar-refractivity contribution is 5.26. The normalized spacial score (nSPS) is 11.8. The van der Waals surface area contributed by atoms with Gasteiger partial charge < -0.3 is 0 Å². The maximum atomic E-state index is 12.6. The third kappa shape index (κ3) is 2.27. The third-order valence-corrected chi connectivity index (χ3v) is 2.11. The number of nitrogens with zero attached hydrogens (tertiary/aromatic N) is 3. The number of alkyl halides is 3. The topological polar surface area (TPSA) is 30.7 Å². The van der Waals surface area contributed by atoms with E-state index < -0.39 is 17.7 Å². The fraction of sp³-hybridized carbons (Fsp3) is 0.200. The summed E-state index contributed by atoms with van der Waals surface area (Å²) in [5.41, 5.74) is -0.979. The molecular weight excluding hydrogens is 238 g/mol. The van der Waals surface area contributed by atoms with Crippen LogP contribution in [0.4, 0.5) is 17.6 Å². The predicted molar refractivity (Wildman–Crippen MR) is 51.1 cm³/mol. The highest BCUT2D eigenvalue weighted by Crippen LogP contribution is 2.30. The van der Waals surface area contributed by atoms with Crippen LogP contribution in [0, 0.1) is 12.7 Å². The number of hydrogen-bond acceptors (Lipinski definition) is 2. The molecule has 2 rings (SSSR count). The lowest BCUT2D eigenvalue weighted by Gasteiger charge is -2.02. The minimum atomic E-state index is -4.50. The SMILES string of the molecule is Cc1cn(-c2ccc(F)cn2)nc1C(F)(F)F.